The van der Waals surface area contributed by atoms with Crippen LogP contribution in [0.4, 0.5) is 0 Å². The summed E-state index contributed by atoms with van der Waals surface area (Å²) in [6.45, 7) is 5.52. The highest BCUT2D eigenvalue weighted by Gasteiger charge is 2.39. The van der Waals surface area contributed by atoms with Crippen LogP contribution < -0.4 is 5.32 Å². The van der Waals surface area contributed by atoms with Gasteiger partial charge < -0.3 is 19.5 Å². The minimum absolute atomic E-state index is 0.0843. The van der Waals surface area contributed by atoms with E-state index in [9.17, 15) is 0 Å². The van der Waals surface area contributed by atoms with E-state index in [1.807, 2.05) is 0 Å². The average Bonchev–Trinajstić information content (AvgIpc) is 2.30. The zero-order valence-electron chi connectivity index (χ0n) is 11.0. The van der Waals surface area contributed by atoms with E-state index < -0.39 is 0 Å². The van der Waals surface area contributed by atoms with Crippen LogP contribution in [0.2, 0.25) is 0 Å². The van der Waals surface area contributed by atoms with Gasteiger partial charge in [0.1, 0.15) is 0 Å². The van der Waals surface area contributed by atoms with Crippen LogP contribution in [0, 0.1) is 0 Å². The van der Waals surface area contributed by atoms with E-state index in [0.717, 1.165) is 52.1 Å². The van der Waals surface area contributed by atoms with Crippen molar-refractivity contribution in [1.82, 2.24) is 5.32 Å². The molecule has 0 aromatic rings. The number of nitrogens with one attached hydrogen (secondary N) is 1. The topological polar surface area (TPSA) is 39.7 Å². The lowest BCUT2D eigenvalue weighted by Gasteiger charge is -2.44. The Morgan fingerprint density at radius 1 is 1.35 bits per heavy atom. The maximum Gasteiger partial charge on any atom is 0.0741 e. The molecule has 2 unspecified atom stereocenters. The summed E-state index contributed by atoms with van der Waals surface area (Å²) < 4.78 is 16.6. The SMILES string of the molecule is COCC(C)NC1CCOC2(CCOCC2)C1. The van der Waals surface area contributed by atoms with Crippen molar-refractivity contribution in [3.05, 3.63) is 0 Å². The zero-order valence-corrected chi connectivity index (χ0v) is 11.0. The third-order valence-corrected chi connectivity index (χ3v) is 3.83. The Morgan fingerprint density at radius 3 is 2.82 bits per heavy atom. The molecule has 100 valence electrons. The molecule has 0 radical (unpaired) electrons. The summed E-state index contributed by atoms with van der Waals surface area (Å²) in [6.07, 6.45) is 4.31. The van der Waals surface area contributed by atoms with Gasteiger partial charge in [0.2, 0.25) is 0 Å². The molecule has 0 aromatic heterocycles. The third-order valence-electron chi connectivity index (χ3n) is 3.83. The monoisotopic (exact) mass is 243 g/mol. The van der Waals surface area contributed by atoms with Crippen LogP contribution in [0.1, 0.15) is 32.6 Å². The molecule has 0 saturated carbocycles. The molecular weight excluding hydrogens is 218 g/mol. The van der Waals surface area contributed by atoms with Crippen LogP contribution in [0.3, 0.4) is 0 Å². The van der Waals surface area contributed by atoms with E-state index in [1.54, 1.807) is 7.11 Å². The van der Waals surface area contributed by atoms with Crippen molar-refractivity contribution in [3.63, 3.8) is 0 Å². The van der Waals surface area contributed by atoms with Crippen LogP contribution in [0.25, 0.3) is 0 Å². The lowest BCUT2D eigenvalue weighted by atomic mass is 9.84. The fourth-order valence-electron chi connectivity index (χ4n) is 2.96. The smallest absolute Gasteiger partial charge is 0.0741 e. The highest BCUT2D eigenvalue weighted by atomic mass is 16.5. The molecule has 1 spiro atoms. The molecule has 2 aliphatic heterocycles. The zero-order chi connectivity index (χ0) is 12.1. The first-order valence-electron chi connectivity index (χ1n) is 6.71. The molecule has 0 bridgehead atoms. The molecule has 2 aliphatic rings. The molecule has 2 fully saturated rings. The van der Waals surface area contributed by atoms with E-state index in [2.05, 4.69) is 12.2 Å². The molecule has 0 amide bonds. The number of methoxy groups -OCH3 is 1. The predicted molar refractivity (Wildman–Crippen MR) is 66.2 cm³/mol. The Balaban J connectivity index is 1.83. The maximum atomic E-state index is 6.03. The summed E-state index contributed by atoms with van der Waals surface area (Å²) in [5.41, 5.74) is 0.0843. The lowest BCUT2D eigenvalue weighted by molar-refractivity contribution is -0.141. The Morgan fingerprint density at radius 2 is 2.12 bits per heavy atom. The van der Waals surface area contributed by atoms with Crippen LogP contribution in [-0.2, 0) is 14.2 Å². The fourth-order valence-corrected chi connectivity index (χ4v) is 2.96. The average molecular weight is 243 g/mol. The highest BCUT2D eigenvalue weighted by molar-refractivity contribution is 4.92. The van der Waals surface area contributed by atoms with Gasteiger partial charge >= 0.3 is 0 Å². The van der Waals surface area contributed by atoms with Gasteiger partial charge in [0.15, 0.2) is 0 Å². The van der Waals surface area contributed by atoms with Crippen LogP contribution >= 0.6 is 0 Å². The summed E-state index contributed by atoms with van der Waals surface area (Å²) in [4.78, 5) is 0. The van der Waals surface area contributed by atoms with E-state index in [4.69, 9.17) is 14.2 Å². The van der Waals surface area contributed by atoms with Crippen LogP contribution in [0.15, 0.2) is 0 Å². The predicted octanol–water partition coefficient (Wildman–Crippen LogP) is 1.34. The quantitative estimate of drug-likeness (QED) is 0.809. The standard InChI is InChI=1S/C13H25NO3/c1-11(10-15-2)14-12-3-6-17-13(9-12)4-7-16-8-5-13/h11-12,14H,3-10H2,1-2H3. The normalized spacial score (nSPS) is 30.4. The first-order chi connectivity index (χ1) is 8.24. The molecule has 1 N–H and O–H groups in total. The molecule has 0 aromatic carbocycles. The first-order valence-corrected chi connectivity index (χ1v) is 6.71. The van der Waals surface area contributed by atoms with E-state index >= 15 is 0 Å². The first kappa shape index (κ1) is 13.3. The Labute approximate surface area is 104 Å². The molecule has 0 aliphatic carbocycles. The van der Waals surface area contributed by atoms with Gasteiger partial charge in [0.25, 0.3) is 0 Å². The summed E-state index contributed by atoms with van der Waals surface area (Å²) >= 11 is 0. The highest BCUT2D eigenvalue weighted by Crippen LogP contribution is 2.34. The summed E-state index contributed by atoms with van der Waals surface area (Å²) in [7, 11) is 1.75. The van der Waals surface area contributed by atoms with Crippen LogP contribution in [0.5, 0.6) is 0 Å². The molecule has 2 saturated heterocycles. The number of hydrogen-bond acceptors (Lipinski definition) is 4. The van der Waals surface area contributed by atoms with Gasteiger partial charge in [-0.2, -0.15) is 0 Å². The molecule has 2 heterocycles. The summed E-state index contributed by atoms with van der Waals surface area (Å²) in [5.74, 6) is 0. The van der Waals surface area contributed by atoms with Gasteiger partial charge in [-0.15, -0.1) is 0 Å². The maximum absolute atomic E-state index is 6.03. The molecule has 4 heteroatoms. The summed E-state index contributed by atoms with van der Waals surface area (Å²) in [5, 5.41) is 3.65. The second kappa shape index (κ2) is 6.14. The summed E-state index contributed by atoms with van der Waals surface area (Å²) in [6, 6.07) is 0.979. The van der Waals surface area contributed by atoms with Crippen molar-refractivity contribution >= 4 is 0 Å². The number of ether oxygens (including phenoxy) is 3. The van der Waals surface area contributed by atoms with E-state index in [1.165, 1.54) is 0 Å². The van der Waals surface area contributed by atoms with Gasteiger partial charge in [0, 0.05) is 39.0 Å². The van der Waals surface area contributed by atoms with Crippen molar-refractivity contribution in [3.8, 4) is 0 Å². The number of hydrogen-bond donors (Lipinski definition) is 1. The number of rotatable bonds is 4. The Kier molecular flexibility index (Phi) is 4.79. The van der Waals surface area contributed by atoms with Crippen molar-refractivity contribution < 1.29 is 14.2 Å². The molecule has 17 heavy (non-hydrogen) atoms. The minimum Gasteiger partial charge on any atom is -0.383 e. The van der Waals surface area contributed by atoms with Crippen LogP contribution in [-0.4, -0.2) is 51.2 Å². The molecular formula is C13H25NO3. The fraction of sp³-hybridized carbons (Fsp3) is 1.00. The second-order valence-corrected chi connectivity index (χ2v) is 5.36. The Hall–Kier alpha value is -0.160. The largest absolute Gasteiger partial charge is 0.383 e. The van der Waals surface area contributed by atoms with Gasteiger partial charge in [-0.05, 0) is 32.6 Å². The van der Waals surface area contributed by atoms with Gasteiger partial charge in [0.05, 0.1) is 12.2 Å². The van der Waals surface area contributed by atoms with E-state index in [0.29, 0.717) is 12.1 Å². The van der Waals surface area contributed by atoms with Crippen molar-refractivity contribution in [2.45, 2.75) is 50.3 Å². The third kappa shape index (κ3) is 3.65. The Bertz CT molecular complexity index is 223. The molecule has 2 atom stereocenters. The van der Waals surface area contributed by atoms with Crippen molar-refractivity contribution in [2.75, 3.05) is 33.5 Å². The molecule has 2 rings (SSSR count). The van der Waals surface area contributed by atoms with E-state index in [-0.39, 0.29) is 5.60 Å². The van der Waals surface area contributed by atoms with Gasteiger partial charge in [-0.25, -0.2) is 0 Å². The second-order valence-electron chi connectivity index (χ2n) is 5.36. The van der Waals surface area contributed by atoms with Crippen molar-refractivity contribution in [2.24, 2.45) is 0 Å². The lowest BCUT2D eigenvalue weighted by Crippen LogP contribution is -2.52. The van der Waals surface area contributed by atoms with Crippen molar-refractivity contribution in [1.29, 1.82) is 0 Å². The minimum atomic E-state index is 0.0843. The van der Waals surface area contributed by atoms with Gasteiger partial charge in [-0.3, -0.25) is 0 Å². The molecule has 4 nitrogen and oxygen atoms in total. The van der Waals surface area contributed by atoms with Gasteiger partial charge in [-0.1, -0.05) is 0 Å².